The summed E-state index contributed by atoms with van der Waals surface area (Å²) < 4.78 is 11.0. The van der Waals surface area contributed by atoms with E-state index < -0.39 is 56.8 Å². The number of cyclic esters (lactones) is 1. The zero-order valence-corrected chi connectivity index (χ0v) is 23.2. The number of ether oxygens (including phenoxy) is 2. The van der Waals surface area contributed by atoms with Crippen LogP contribution in [-0.4, -0.2) is 58.8 Å². The van der Waals surface area contributed by atoms with Gasteiger partial charge in [0.05, 0.1) is 24.9 Å². The molecule has 0 aromatic carbocycles. The van der Waals surface area contributed by atoms with Crippen molar-refractivity contribution in [3.63, 3.8) is 0 Å². The minimum absolute atomic E-state index is 0.0331. The van der Waals surface area contributed by atoms with Crippen LogP contribution >= 0.6 is 0 Å². The van der Waals surface area contributed by atoms with E-state index >= 15 is 0 Å². The van der Waals surface area contributed by atoms with Crippen molar-refractivity contribution in [3.05, 3.63) is 23.8 Å². The highest BCUT2D eigenvalue weighted by molar-refractivity contribution is 5.82. The fourth-order valence-electron chi connectivity index (χ4n) is 10.4. The van der Waals surface area contributed by atoms with Crippen LogP contribution in [-0.2, 0) is 19.1 Å². The maximum absolute atomic E-state index is 14.1. The van der Waals surface area contributed by atoms with Gasteiger partial charge in [0, 0.05) is 16.9 Å². The molecule has 10 atom stereocenters. The third kappa shape index (κ3) is 3.05. The molecule has 0 aromatic heterocycles. The molecule has 7 nitrogen and oxygen atoms in total. The standard InChI is InChI=1S/C30H44O7/c1-18-9-10-25(3)11-13-27(5)23-20(32)16-28(19(2)31)17-37-22(33)8-7-21(28)26(23,4)12-14-29(27,24(34)36-6)30(25,35)15-18/h7-9,19-21,23,31-32,35H,10-17H2,1-6H3/t19?,20-,21+,23+,25-,26+,27-,28+,29+,30+/m1/s1. The number of carbonyl (C=O) groups excluding carboxylic acids is 2. The number of aliphatic hydroxyl groups excluding tert-OH is 2. The highest BCUT2D eigenvalue weighted by Crippen LogP contribution is 2.78. The number of aliphatic hydroxyl groups is 3. The van der Waals surface area contributed by atoms with Crippen LogP contribution in [0.1, 0.15) is 79.6 Å². The lowest BCUT2D eigenvalue weighted by molar-refractivity contribution is -0.318. The molecule has 0 spiro atoms. The van der Waals surface area contributed by atoms with Crippen molar-refractivity contribution in [2.24, 2.45) is 38.9 Å². The van der Waals surface area contributed by atoms with Crippen LogP contribution in [0.4, 0.5) is 0 Å². The summed E-state index contributed by atoms with van der Waals surface area (Å²) >= 11 is 0. The van der Waals surface area contributed by atoms with E-state index in [2.05, 4.69) is 26.8 Å². The molecule has 1 unspecified atom stereocenters. The Morgan fingerprint density at radius 2 is 1.89 bits per heavy atom. The summed E-state index contributed by atoms with van der Waals surface area (Å²) in [7, 11) is 1.40. The normalized spacial score (nSPS) is 51.8. The highest BCUT2D eigenvalue weighted by Gasteiger charge is 2.80. The molecule has 5 aliphatic rings. The smallest absolute Gasteiger partial charge is 0.330 e. The van der Waals surface area contributed by atoms with Crippen LogP contribution in [0.25, 0.3) is 0 Å². The Balaban J connectivity index is 1.73. The Labute approximate surface area is 220 Å². The quantitative estimate of drug-likeness (QED) is 0.379. The number of allylic oxidation sites excluding steroid dienone is 2. The van der Waals surface area contributed by atoms with E-state index in [1.807, 2.05) is 13.0 Å². The van der Waals surface area contributed by atoms with Gasteiger partial charge >= 0.3 is 11.9 Å². The van der Waals surface area contributed by atoms with Gasteiger partial charge in [-0.3, -0.25) is 4.79 Å². The number of hydrogen-bond acceptors (Lipinski definition) is 7. The van der Waals surface area contributed by atoms with Gasteiger partial charge < -0.3 is 24.8 Å². The molecule has 37 heavy (non-hydrogen) atoms. The predicted molar refractivity (Wildman–Crippen MR) is 137 cm³/mol. The number of esters is 2. The second kappa shape index (κ2) is 8.15. The van der Waals surface area contributed by atoms with E-state index in [4.69, 9.17) is 9.47 Å². The van der Waals surface area contributed by atoms with Crippen LogP contribution in [0.5, 0.6) is 0 Å². The molecule has 4 aliphatic carbocycles. The molecular formula is C30H44O7. The molecule has 3 saturated carbocycles. The summed E-state index contributed by atoms with van der Waals surface area (Å²) in [5.41, 5.74) is -4.09. The van der Waals surface area contributed by atoms with Gasteiger partial charge in [-0.05, 0) is 81.5 Å². The molecule has 0 amide bonds. The second-order valence-electron chi connectivity index (χ2n) is 13.8. The first-order chi connectivity index (χ1) is 17.2. The molecule has 3 fully saturated rings. The Bertz CT molecular complexity index is 1060. The van der Waals surface area contributed by atoms with Crippen molar-refractivity contribution >= 4 is 11.9 Å². The molecule has 0 aromatic rings. The molecule has 1 aliphatic heterocycles. The predicted octanol–water partition coefficient (Wildman–Crippen LogP) is 3.70. The number of hydrogen-bond donors (Lipinski definition) is 3. The van der Waals surface area contributed by atoms with Gasteiger partial charge in [0.1, 0.15) is 12.0 Å². The van der Waals surface area contributed by atoms with Gasteiger partial charge in [0.25, 0.3) is 0 Å². The summed E-state index contributed by atoms with van der Waals surface area (Å²) in [6.07, 6.45) is 7.54. The SMILES string of the molecule is COC(=O)[C@@]12CC[C@@]3(C)[C@@H]4C=CC(=O)OC[C@]4(C(C)O)C[C@@H](O)[C@@H]3[C@@]1(C)CC[C@@]1(C)CC=C(C)C[C@]12O. The van der Waals surface area contributed by atoms with Crippen LogP contribution in [0.15, 0.2) is 23.8 Å². The molecule has 1 heterocycles. The van der Waals surface area contributed by atoms with Gasteiger partial charge in [-0.1, -0.05) is 38.5 Å². The second-order valence-corrected chi connectivity index (χ2v) is 13.8. The van der Waals surface area contributed by atoms with Crippen molar-refractivity contribution in [1.82, 2.24) is 0 Å². The molecule has 0 radical (unpaired) electrons. The number of methoxy groups -OCH3 is 1. The van der Waals surface area contributed by atoms with Crippen molar-refractivity contribution < 1.29 is 34.4 Å². The maximum atomic E-state index is 14.1. The molecular weight excluding hydrogens is 472 g/mol. The van der Waals surface area contributed by atoms with E-state index in [0.717, 1.165) is 12.0 Å². The average Bonchev–Trinajstić information content (AvgIpc) is 3.00. The van der Waals surface area contributed by atoms with E-state index in [9.17, 15) is 24.9 Å². The van der Waals surface area contributed by atoms with Crippen LogP contribution in [0.2, 0.25) is 0 Å². The topological polar surface area (TPSA) is 113 Å². The van der Waals surface area contributed by atoms with Gasteiger partial charge in [-0.2, -0.15) is 0 Å². The first-order valence-electron chi connectivity index (χ1n) is 13.8. The lowest BCUT2D eigenvalue weighted by Crippen LogP contribution is -2.78. The molecule has 206 valence electrons. The highest BCUT2D eigenvalue weighted by atomic mass is 16.5. The van der Waals surface area contributed by atoms with Gasteiger partial charge in [-0.15, -0.1) is 0 Å². The summed E-state index contributed by atoms with van der Waals surface area (Å²) in [5, 5.41) is 35.9. The molecule has 0 saturated heterocycles. The zero-order chi connectivity index (χ0) is 27.2. The average molecular weight is 517 g/mol. The summed E-state index contributed by atoms with van der Waals surface area (Å²) in [6.45, 7) is 10.1. The minimum Gasteiger partial charge on any atom is -0.468 e. The zero-order valence-electron chi connectivity index (χ0n) is 23.2. The fraction of sp³-hybridized carbons (Fsp3) is 0.800. The minimum atomic E-state index is -1.32. The number of rotatable bonds is 2. The van der Waals surface area contributed by atoms with E-state index in [-0.39, 0.29) is 24.9 Å². The Morgan fingerprint density at radius 3 is 2.54 bits per heavy atom. The lowest BCUT2D eigenvalue weighted by Gasteiger charge is -2.75. The largest absolute Gasteiger partial charge is 0.468 e. The van der Waals surface area contributed by atoms with Crippen molar-refractivity contribution in [2.45, 2.75) is 97.4 Å². The van der Waals surface area contributed by atoms with E-state index in [1.165, 1.54) is 13.2 Å². The summed E-state index contributed by atoms with van der Waals surface area (Å²) in [5.74, 6) is -1.44. The Hall–Kier alpha value is -1.70. The molecule has 7 heteroatoms. The Morgan fingerprint density at radius 1 is 1.19 bits per heavy atom. The first kappa shape index (κ1) is 26.9. The number of carbonyl (C=O) groups is 2. The monoisotopic (exact) mass is 516 g/mol. The van der Waals surface area contributed by atoms with Crippen LogP contribution in [0, 0.1) is 38.9 Å². The summed E-state index contributed by atoms with van der Waals surface area (Å²) in [6, 6.07) is 0. The van der Waals surface area contributed by atoms with E-state index in [1.54, 1.807) is 6.92 Å². The van der Waals surface area contributed by atoms with E-state index in [0.29, 0.717) is 32.1 Å². The third-order valence-corrected chi connectivity index (χ3v) is 12.3. The van der Waals surface area contributed by atoms with Crippen LogP contribution in [0.3, 0.4) is 0 Å². The van der Waals surface area contributed by atoms with Gasteiger partial charge in [0.2, 0.25) is 0 Å². The Kier molecular flexibility index (Phi) is 5.93. The van der Waals surface area contributed by atoms with Gasteiger partial charge in [0.15, 0.2) is 0 Å². The van der Waals surface area contributed by atoms with Crippen molar-refractivity contribution in [3.8, 4) is 0 Å². The van der Waals surface area contributed by atoms with Crippen molar-refractivity contribution in [2.75, 3.05) is 13.7 Å². The first-order valence-corrected chi connectivity index (χ1v) is 13.8. The molecule has 3 N–H and O–H groups in total. The molecule has 0 bridgehead atoms. The van der Waals surface area contributed by atoms with Gasteiger partial charge in [-0.25, -0.2) is 4.79 Å². The fourth-order valence-corrected chi connectivity index (χ4v) is 10.4. The van der Waals surface area contributed by atoms with Crippen molar-refractivity contribution in [1.29, 1.82) is 0 Å². The third-order valence-electron chi connectivity index (χ3n) is 12.3. The number of fused-ring (bicyclic) bond motifs is 7. The summed E-state index contributed by atoms with van der Waals surface area (Å²) in [4.78, 5) is 26.4. The van der Waals surface area contributed by atoms with Crippen LogP contribution < -0.4 is 0 Å². The molecule has 5 rings (SSSR count). The lowest BCUT2D eigenvalue weighted by atomic mass is 9.29. The maximum Gasteiger partial charge on any atom is 0.330 e.